The molecule has 0 spiro atoms. The summed E-state index contributed by atoms with van der Waals surface area (Å²) in [5, 5.41) is 0. The van der Waals surface area contributed by atoms with Crippen molar-refractivity contribution in [3.8, 4) is 5.75 Å². The number of rotatable bonds is 3. The van der Waals surface area contributed by atoms with Crippen LogP contribution in [0.4, 0.5) is 0 Å². The summed E-state index contributed by atoms with van der Waals surface area (Å²) in [6.45, 7) is 1.99. The van der Waals surface area contributed by atoms with Crippen LogP contribution in [0.15, 0.2) is 12.1 Å². The number of esters is 1. The molecule has 0 amide bonds. The number of hydrogen-bond acceptors (Lipinski definition) is 4. The van der Waals surface area contributed by atoms with E-state index >= 15 is 0 Å². The van der Waals surface area contributed by atoms with E-state index in [1.807, 2.05) is 13.0 Å². The summed E-state index contributed by atoms with van der Waals surface area (Å²) in [7, 11) is 3.18. The smallest absolute Gasteiger partial charge is 0.311 e. The van der Waals surface area contributed by atoms with E-state index in [9.17, 15) is 4.79 Å². The summed E-state index contributed by atoms with van der Waals surface area (Å²) in [6.07, 6.45) is 5.86. The lowest BCUT2D eigenvalue weighted by molar-refractivity contribution is -0.160. The number of carbonyl (C=O) groups excluding carboxylic acids is 1. The Labute approximate surface area is 125 Å². The van der Waals surface area contributed by atoms with Gasteiger partial charge in [-0.3, -0.25) is 9.78 Å². The van der Waals surface area contributed by atoms with Gasteiger partial charge < -0.3 is 9.47 Å². The second kappa shape index (κ2) is 5.00. The van der Waals surface area contributed by atoms with E-state index in [4.69, 9.17) is 14.5 Å². The van der Waals surface area contributed by atoms with Gasteiger partial charge in [0.1, 0.15) is 5.75 Å². The van der Waals surface area contributed by atoms with Crippen molar-refractivity contribution in [2.24, 2.45) is 5.41 Å². The lowest BCUT2D eigenvalue weighted by Crippen LogP contribution is -2.48. The van der Waals surface area contributed by atoms with Crippen molar-refractivity contribution < 1.29 is 14.3 Å². The van der Waals surface area contributed by atoms with Crippen LogP contribution in [0, 0.1) is 12.3 Å². The Kier molecular flexibility index (Phi) is 3.42. The van der Waals surface area contributed by atoms with Gasteiger partial charge in [-0.2, -0.15) is 0 Å². The monoisotopic (exact) mass is 289 g/mol. The molecule has 3 saturated carbocycles. The summed E-state index contributed by atoms with van der Waals surface area (Å²) >= 11 is 0. The van der Waals surface area contributed by atoms with Gasteiger partial charge >= 0.3 is 5.97 Å². The highest BCUT2D eigenvalue weighted by atomic mass is 16.5. The fraction of sp³-hybridized carbons (Fsp3) is 0.647. The Morgan fingerprint density at radius 1 is 1.10 bits per heavy atom. The average Bonchev–Trinajstić information content (AvgIpc) is 2.55. The largest absolute Gasteiger partial charge is 0.495 e. The zero-order valence-corrected chi connectivity index (χ0v) is 13.1. The molecule has 3 aliphatic rings. The van der Waals surface area contributed by atoms with E-state index in [0.29, 0.717) is 0 Å². The molecule has 0 radical (unpaired) electrons. The maximum absolute atomic E-state index is 12.1. The van der Waals surface area contributed by atoms with Crippen LogP contribution in [0.5, 0.6) is 5.75 Å². The van der Waals surface area contributed by atoms with Crippen LogP contribution in [0.3, 0.4) is 0 Å². The van der Waals surface area contributed by atoms with Gasteiger partial charge in [0.25, 0.3) is 0 Å². The molecule has 0 atom stereocenters. The highest BCUT2D eigenvalue weighted by Gasteiger charge is 2.54. The second-order valence-electron chi connectivity index (χ2n) is 6.54. The van der Waals surface area contributed by atoms with Crippen molar-refractivity contribution in [2.45, 2.75) is 50.9 Å². The van der Waals surface area contributed by atoms with Crippen molar-refractivity contribution in [1.29, 1.82) is 0 Å². The molecule has 1 aromatic heterocycles. The van der Waals surface area contributed by atoms with Crippen molar-refractivity contribution in [1.82, 2.24) is 4.98 Å². The molecular weight excluding hydrogens is 266 g/mol. The number of aromatic nitrogens is 1. The van der Waals surface area contributed by atoms with Gasteiger partial charge in [-0.1, -0.05) is 0 Å². The van der Waals surface area contributed by atoms with E-state index < -0.39 is 0 Å². The summed E-state index contributed by atoms with van der Waals surface area (Å²) in [4.78, 5) is 16.9. The van der Waals surface area contributed by atoms with Crippen LogP contribution in [-0.2, 0) is 14.9 Å². The zero-order valence-electron chi connectivity index (χ0n) is 13.1. The Hall–Kier alpha value is -1.58. The number of nitrogens with zero attached hydrogens (tertiary/aromatic N) is 1. The molecule has 0 aromatic carbocycles. The van der Waals surface area contributed by atoms with Crippen LogP contribution in [-0.4, -0.2) is 25.2 Å². The van der Waals surface area contributed by atoms with Gasteiger partial charge in [-0.15, -0.1) is 0 Å². The fourth-order valence-electron chi connectivity index (χ4n) is 4.15. The zero-order chi connectivity index (χ0) is 15.1. The number of ether oxygens (including phenoxy) is 2. The lowest BCUT2D eigenvalue weighted by Gasteiger charge is -2.51. The van der Waals surface area contributed by atoms with E-state index in [-0.39, 0.29) is 16.8 Å². The molecule has 114 valence electrons. The van der Waals surface area contributed by atoms with E-state index in [1.165, 1.54) is 12.8 Å². The molecule has 4 heteroatoms. The van der Waals surface area contributed by atoms with Crippen LogP contribution in [0.25, 0.3) is 0 Å². The fourth-order valence-corrected chi connectivity index (χ4v) is 4.15. The third-order valence-corrected chi connectivity index (χ3v) is 5.67. The Morgan fingerprint density at radius 2 is 1.71 bits per heavy atom. The van der Waals surface area contributed by atoms with Crippen molar-refractivity contribution in [3.63, 3.8) is 0 Å². The SMILES string of the molecule is COC(=O)C12CCC(c3ccc(OC)c(C)n3)(CC1)CC2. The molecule has 21 heavy (non-hydrogen) atoms. The van der Waals surface area contributed by atoms with Crippen molar-refractivity contribution in [2.75, 3.05) is 14.2 Å². The van der Waals surface area contributed by atoms with Gasteiger partial charge in [-0.25, -0.2) is 0 Å². The molecule has 1 aromatic rings. The number of hydrogen-bond donors (Lipinski definition) is 0. The molecule has 4 rings (SSSR count). The van der Waals surface area contributed by atoms with Crippen LogP contribution in [0.2, 0.25) is 0 Å². The van der Waals surface area contributed by atoms with E-state index in [2.05, 4.69) is 6.07 Å². The molecule has 0 saturated heterocycles. The van der Waals surface area contributed by atoms with E-state index in [0.717, 1.165) is 50.0 Å². The summed E-state index contributed by atoms with van der Waals surface area (Å²) in [5.41, 5.74) is 2.03. The lowest BCUT2D eigenvalue weighted by atomic mass is 9.52. The molecule has 0 unspecified atom stereocenters. The minimum absolute atomic E-state index is 0.0188. The number of aryl methyl sites for hydroxylation is 1. The van der Waals surface area contributed by atoms with Crippen LogP contribution < -0.4 is 4.74 Å². The Balaban J connectivity index is 1.86. The Morgan fingerprint density at radius 3 is 2.19 bits per heavy atom. The molecule has 0 N–H and O–H groups in total. The highest BCUT2D eigenvalue weighted by Crippen LogP contribution is 2.57. The predicted molar refractivity (Wildman–Crippen MR) is 79.4 cm³/mol. The van der Waals surface area contributed by atoms with Gasteiger partial charge in [0.05, 0.1) is 25.3 Å². The van der Waals surface area contributed by atoms with E-state index in [1.54, 1.807) is 7.11 Å². The molecule has 0 aliphatic heterocycles. The molecule has 4 nitrogen and oxygen atoms in total. The number of fused-ring (bicyclic) bond motifs is 3. The normalized spacial score (nSPS) is 31.0. The van der Waals surface area contributed by atoms with Gasteiger partial charge in [0.2, 0.25) is 0 Å². The molecule has 2 bridgehead atoms. The highest BCUT2D eigenvalue weighted by molar-refractivity contribution is 5.77. The summed E-state index contributed by atoms with van der Waals surface area (Å²) in [6, 6.07) is 4.12. The Bertz CT molecular complexity index is 543. The standard InChI is InChI=1S/C17H23NO3/c1-12-13(20-2)4-5-14(18-12)16-6-9-17(10-7-16,11-8-16)15(19)21-3/h4-5H,6-11H2,1-3H3. The molecule has 1 heterocycles. The summed E-state index contributed by atoms with van der Waals surface area (Å²) in [5.74, 6) is 0.820. The van der Waals surface area contributed by atoms with Gasteiger partial charge in [0, 0.05) is 11.1 Å². The minimum Gasteiger partial charge on any atom is -0.495 e. The number of carbonyl (C=O) groups is 1. The minimum atomic E-state index is -0.224. The first-order chi connectivity index (χ1) is 10.1. The van der Waals surface area contributed by atoms with Gasteiger partial charge in [-0.05, 0) is 57.6 Å². The maximum Gasteiger partial charge on any atom is 0.311 e. The molecular formula is C17H23NO3. The second-order valence-corrected chi connectivity index (χ2v) is 6.54. The third-order valence-electron chi connectivity index (χ3n) is 5.67. The van der Waals surface area contributed by atoms with Crippen molar-refractivity contribution in [3.05, 3.63) is 23.5 Å². The first-order valence-corrected chi connectivity index (χ1v) is 7.66. The third kappa shape index (κ3) is 2.12. The maximum atomic E-state index is 12.1. The quantitative estimate of drug-likeness (QED) is 0.802. The van der Waals surface area contributed by atoms with Crippen LogP contribution >= 0.6 is 0 Å². The van der Waals surface area contributed by atoms with Crippen molar-refractivity contribution >= 4 is 5.97 Å². The molecule has 3 fully saturated rings. The average molecular weight is 289 g/mol. The van der Waals surface area contributed by atoms with Gasteiger partial charge in [0.15, 0.2) is 0 Å². The molecule has 3 aliphatic carbocycles. The predicted octanol–water partition coefficient (Wildman–Crippen LogP) is 3.16. The first-order valence-electron chi connectivity index (χ1n) is 7.66. The number of methoxy groups -OCH3 is 2. The van der Waals surface area contributed by atoms with Crippen LogP contribution in [0.1, 0.15) is 49.9 Å². The number of pyridine rings is 1. The topological polar surface area (TPSA) is 48.4 Å². The summed E-state index contributed by atoms with van der Waals surface area (Å²) < 4.78 is 10.3. The first kappa shape index (κ1) is 14.4.